The van der Waals surface area contributed by atoms with Crippen LogP contribution < -0.4 is 15.8 Å². The number of carbonyl (C=O) groups is 4. The summed E-state index contributed by atoms with van der Waals surface area (Å²) in [5.41, 5.74) is 3.54. The van der Waals surface area contributed by atoms with Crippen molar-refractivity contribution in [1.29, 1.82) is 0 Å². The third-order valence-corrected chi connectivity index (χ3v) is 9.50. The molecule has 10 heteroatoms. The molecule has 1 unspecified atom stereocenters. The second-order valence-corrected chi connectivity index (χ2v) is 12.9. The molecule has 3 aromatic carbocycles. The molecule has 3 aromatic rings. The number of carbonyl (C=O) groups excluding carboxylic acids is 4. The van der Waals surface area contributed by atoms with E-state index in [1.54, 1.807) is 31.1 Å². The molecule has 1 aliphatic heterocycles. The number of Topliss-reactive ketones (excluding diaryl/α,β-unsaturated/α-hetero) is 1. The third kappa shape index (κ3) is 5.34. The summed E-state index contributed by atoms with van der Waals surface area (Å²) in [4.78, 5) is 56.5. The summed E-state index contributed by atoms with van der Waals surface area (Å²) in [5, 5.41) is 14.6. The molecule has 3 amide bonds. The predicted molar refractivity (Wildman–Crippen MR) is 162 cm³/mol. The highest BCUT2D eigenvalue weighted by Crippen LogP contribution is 2.53. The van der Waals surface area contributed by atoms with Crippen molar-refractivity contribution in [3.05, 3.63) is 95.6 Å². The Bertz CT molecular complexity index is 1530. The summed E-state index contributed by atoms with van der Waals surface area (Å²) in [6.07, 6.45) is 0.239. The highest BCUT2D eigenvalue weighted by atomic mass is 32.2. The van der Waals surface area contributed by atoms with E-state index < -0.39 is 45.8 Å². The monoisotopic (exact) mass is 586 g/mol. The Labute approximate surface area is 249 Å². The highest BCUT2D eigenvalue weighted by molar-refractivity contribution is 8.00. The minimum atomic E-state index is -1.48. The Balaban J connectivity index is 1.42. The number of aromatic hydroxyl groups is 1. The van der Waals surface area contributed by atoms with Gasteiger partial charge in [0.1, 0.15) is 17.3 Å². The van der Waals surface area contributed by atoms with Crippen LogP contribution in [-0.2, 0) is 14.4 Å². The second-order valence-electron chi connectivity index (χ2n) is 11.3. The van der Waals surface area contributed by atoms with Crippen LogP contribution in [0.25, 0.3) is 0 Å². The standard InChI is InChI=1S/C32H34N4O5S/c1-20-23(16-11-17-25(20)37)28(39)33-32(18-24(32)21-12-7-5-8-13-21)27(38)30(41)36-19-42-31(2,3)26(36)29(40)34-35(4)22-14-9-6-10-15-22/h5-17,24,26,37H,18-19H2,1-4H3,(H,33,39)(H,34,40)/t24-,26+,32?/m0/s1. The lowest BCUT2D eigenvalue weighted by molar-refractivity contribution is -0.149. The van der Waals surface area contributed by atoms with Gasteiger partial charge in [-0.1, -0.05) is 54.6 Å². The number of rotatable bonds is 8. The number of amides is 3. The number of hydrazine groups is 1. The zero-order chi connectivity index (χ0) is 30.2. The zero-order valence-electron chi connectivity index (χ0n) is 24.0. The summed E-state index contributed by atoms with van der Waals surface area (Å²) < 4.78 is -0.672. The first-order valence-electron chi connectivity index (χ1n) is 13.7. The molecule has 1 heterocycles. The van der Waals surface area contributed by atoms with Crippen molar-refractivity contribution in [1.82, 2.24) is 15.6 Å². The number of ketones is 1. The maximum absolute atomic E-state index is 14.1. The van der Waals surface area contributed by atoms with Crippen LogP contribution in [0.15, 0.2) is 78.9 Å². The Morgan fingerprint density at radius 2 is 1.60 bits per heavy atom. The lowest BCUT2D eigenvalue weighted by Crippen LogP contribution is -2.59. The molecule has 42 heavy (non-hydrogen) atoms. The maximum Gasteiger partial charge on any atom is 0.293 e. The largest absolute Gasteiger partial charge is 0.508 e. The van der Waals surface area contributed by atoms with Crippen LogP contribution in [0.5, 0.6) is 5.75 Å². The molecule has 1 aliphatic carbocycles. The molecule has 0 aromatic heterocycles. The summed E-state index contributed by atoms with van der Waals surface area (Å²) >= 11 is 1.41. The van der Waals surface area contributed by atoms with Gasteiger partial charge >= 0.3 is 0 Å². The van der Waals surface area contributed by atoms with Crippen molar-refractivity contribution in [3.63, 3.8) is 0 Å². The number of nitrogens with one attached hydrogen (secondary N) is 2. The van der Waals surface area contributed by atoms with Crippen molar-refractivity contribution >= 4 is 41.0 Å². The van der Waals surface area contributed by atoms with Gasteiger partial charge in [0.05, 0.1) is 11.6 Å². The second kappa shape index (κ2) is 11.2. The molecule has 9 nitrogen and oxygen atoms in total. The average molecular weight is 587 g/mol. The fourth-order valence-corrected chi connectivity index (χ4v) is 6.73. The molecule has 5 rings (SSSR count). The first-order chi connectivity index (χ1) is 20.0. The van der Waals surface area contributed by atoms with Crippen molar-refractivity contribution in [2.24, 2.45) is 0 Å². The lowest BCUT2D eigenvalue weighted by Gasteiger charge is -2.33. The number of hydrogen-bond acceptors (Lipinski definition) is 7. The average Bonchev–Trinajstić information content (AvgIpc) is 3.61. The maximum atomic E-state index is 14.1. The number of phenols is 1. The van der Waals surface area contributed by atoms with E-state index in [9.17, 15) is 24.3 Å². The molecule has 218 valence electrons. The van der Waals surface area contributed by atoms with E-state index in [4.69, 9.17) is 0 Å². The molecular formula is C32H34N4O5S. The molecular weight excluding hydrogens is 552 g/mol. The Morgan fingerprint density at radius 1 is 0.952 bits per heavy atom. The molecule has 1 saturated heterocycles. The van der Waals surface area contributed by atoms with Crippen molar-refractivity contribution < 1.29 is 24.3 Å². The van der Waals surface area contributed by atoms with Gasteiger partial charge in [0.2, 0.25) is 5.78 Å². The van der Waals surface area contributed by atoms with E-state index in [-0.39, 0.29) is 23.6 Å². The molecule has 0 spiro atoms. The topological polar surface area (TPSA) is 119 Å². The predicted octanol–water partition coefficient (Wildman–Crippen LogP) is 3.77. The van der Waals surface area contributed by atoms with Gasteiger partial charge in [0.15, 0.2) is 0 Å². The van der Waals surface area contributed by atoms with Gasteiger partial charge in [-0.3, -0.25) is 29.6 Å². The summed E-state index contributed by atoms with van der Waals surface area (Å²) in [5.74, 6) is -2.87. The van der Waals surface area contributed by atoms with Crippen molar-refractivity contribution in [2.45, 2.75) is 49.4 Å². The SMILES string of the molecule is Cc1c(O)cccc1C(=O)NC1(C(=O)C(=O)N2CSC(C)(C)[C@H]2C(=O)NN(C)c2ccccc2)C[C@H]1c1ccccc1. The molecule has 3 N–H and O–H groups in total. The fourth-order valence-electron chi connectivity index (χ4n) is 5.60. The van der Waals surface area contributed by atoms with Crippen LogP contribution in [0, 0.1) is 6.92 Å². The summed E-state index contributed by atoms with van der Waals surface area (Å²) in [7, 11) is 1.71. The van der Waals surface area contributed by atoms with Crippen LogP contribution in [0.2, 0.25) is 0 Å². The fraction of sp³-hybridized carbons (Fsp3) is 0.312. The molecule has 1 saturated carbocycles. The molecule has 3 atom stereocenters. The highest BCUT2D eigenvalue weighted by Gasteiger charge is 2.65. The number of benzene rings is 3. The van der Waals surface area contributed by atoms with Gasteiger partial charge in [0.25, 0.3) is 17.7 Å². The zero-order valence-corrected chi connectivity index (χ0v) is 24.8. The van der Waals surface area contributed by atoms with Crippen LogP contribution in [0.1, 0.15) is 47.7 Å². The van der Waals surface area contributed by atoms with Gasteiger partial charge < -0.3 is 15.3 Å². The van der Waals surface area contributed by atoms with Gasteiger partial charge in [-0.05, 0) is 57.0 Å². The molecule has 2 aliphatic rings. The normalized spacial score (nSPS) is 22.2. The number of anilines is 1. The third-order valence-electron chi connectivity index (χ3n) is 8.13. The number of hydrogen-bond donors (Lipinski definition) is 3. The minimum Gasteiger partial charge on any atom is -0.508 e. The van der Waals surface area contributed by atoms with E-state index in [2.05, 4.69) is 10.7 Å². The van der Waals surface area contributed by atoms with Crippen LogP contribution in [-0.4, -0.2) is 62.8 Å². The van der Waals surface area contributed by atoms with Crippen LogP contribution in [0.3, 0.4) is 0 Å². The van der Waals surface area contributed by atoms with E-state index in [1.807, 2.05) is 74.5 Å². The molecule has 2 fully saturated rings. The van der Waals surface area contributed by atoms with Crippen LogP contribution >= 0.6 is 11.8 Å². The van der Waals surface area contributed by atoms with Gasteiger partial charge in [-0.15, -0.1) is 11.8 Å². The number of thioether (sulfide) groups is 1. The summed E-state index contributed by atoms with van der Waals surface area (Å²) in [6, 6.07) is 22.2. The molecule has 0 bridgehead atoms. The minimum absolute atomic E-state index is 0.0415. The van der Waals surface area contributed by atoms with Crippen molar-refractivity contribution in [2.75, 3.05) is 17.9 Å². The molecule has 0 radical (unpaired) electrons. The number of para-hydroxylation sites is 1. The Kier molecular flexibility index (Phi) is 7.76. The van der Waals surface area contributed by atoms with Crippen molar-refractivity contribution in [3.8, 4) is 5.75 Å². The van der Waals surface area contributed by atoms with E-state index in [1.165, 1.54) is 22.7 Å². The Hall–Kier alpha value is -4.31. The first kappa shape index (κ1) is 29.2. The van der Waals surface area contributed by atoms with Gasteiger partial charge in [-0.25, -0.2) is 0 Å². The smallest absolute Gasteiger partial charge is 0.293 e. The van der Waals surface area contributed by atoms with E-state index in [0.717, 1.165) is 11.3 Å². The van der Waals surface area contributed by atoms with Gasteiger partial charge in [0, 0.05) is 28.8 Å². The summed E-state index contributed by atoms with van der Waals surface area (Å²) in [6.45, 7) is 5.35. The van der Waals surface area contributed by atoms with E-state index in [0.29, 0.717) is 5.56 Å². The van der Waals surface area contributed by atoms with E-state index >= 15 is 0 Å². The lowest BCUT2D eigenvalue weighted by atomic mass is 9.97. The van der Waals surface area contributed by atoms with Gasteiger partial charge in [-0.2, -0.15) is 0 Å². The Morgan fingerprint density at radius 3 is 2.26 bits per heavy atom. The first-order valence-corrected chi connectivity index (χ1v) is 14.7. The number of nitrogens with zero attached hydrogens (tertiary/aromatic N) is 2. The number of phenolic OH excluding ortho intramolecular Hbond substituents is 1. The quantitative estimate of drug-likeness (QED) is 0.272. The van der Waals surface area contributed by atoms with Crippen LogP contribution in [0.4, 0.5) is 5.69 Å².